The molecule has 0 radical (unpaired) electrons. The van der Waals surface area contributed by atoms with Crippen LogP contribution in [0.25, 0.3) is 0 Å². The molecule has 1 aliphatic carbocycles. The van der Waals surface area contributed by atoms with E-state index < -0.39 is 0 Å². The van der Waals surface area contributed by atoms with E-state index in [1.54, 1.807) is 5.56 Å². The van der Waals surface area contributed by atoms with Gasteiger partial charge in [-0.05, 0) is 36.0 Å². The van der Waals surface area contributed by atoms with Crippen LogP contribution in [-0.4, -0.2) is 6.54 Å². The molecule has 0 amide bonds. The number of fused-ring (bicyclic) bond motifs is 2. The summed E-state index contributed by atoms with van der Waals surface area (Å²) in [6.07, 6.45) is 4.18. The van der Waals surface area contributed by atoms with Gasteiger partial charge in [-0.25, -0.2) is 0 Å². The first-order valence-corrected chi connectivity index (χ1v) is 6.10. The van der Waals surface area contributed by atoms with E-state index in [0.717, 1.165) is 0 Å². The molecule has 1 heteroatoms. The minimum atomic E-state index is 0.514. The van der Waals surface area contributed by atoms with E-state index in [2.05, 4.69) is 37.4 Å². The number of hydrogen-bond donors (Lipinski definition) is 1. The van der Waals surface area contributed by atoms with E-state index in [-0.39, 0.29) is 0 Å². The molecule has 0 aromatic heterocycles. The van der Waals surface area contributed by atoms with Gasteiger partial charge in [0.15, 0.2) is 0 Å². The minimum absolute atomic E-state index is 0.514. The first-order valence-electron chi connectivity index (χ1n) is 6.10. The van der Waals surface area contributed by atoms with Gasteiger partial charge in [-0.2, -0.15) is 0 Å². The summed E-state index contributed by atoms with van der Waals surface area (Å²) in [6.45, 7) is 5.72. The maximum absolute atomic E-state index is 3.56. The van der Waals surface area contributed by atoms with Crippen molar-refractivity contribution in [3.05, 3.63) is 29.3 Å². The summed E-state index contributed by atoms with van der Waals surface area (Å²) >= 11 is 0. The van der Waals surface area contributed by atoms with E-state index in [1.807, 2.05) is 0 Å². The van der Waals surface area contributed by atoms with Crippen LogP contribution in [0.3, 0.4) is 0 Å². The van der Waals surface area contributed by atoms with Gasteiger partial charge in [0.25, 0.3) is 0 Å². The van der Waals surface area contributed by atoms with Crippen molar-refractivity contribution in [2.45, 2.75) is 44.4 Å². The molecule has 15 heavy (non-hydrogen) atoms. The Morgan fingerprint density at radius 3 is 2.67 bits per heavy atom. The highest BCUT2D eigenvalue weighted by Gasteiger charge is 2.43. The monoisotopic (exact) mass is 201 g/mol. The molecule has 3 rings (SSSR count). The average Bonchev–Trinajstić information content (AvgIpc) is 2.54. The third-order valence-corrected chi connectivity index (χ3v) is 4.21. The lowest BCUT2D eigenvalue weighted by Crippen LogP contribution is -2.35. The van der Waals surface area contributed by atoms with Crippen molar-refractivity contribution >= 4 is 5.69 Å². The highest BCUT2D eigenvalue weighted by Crippen LogP contribution is 2.50. The number of hydrogen-bond acceptors (Lipinski definition) is 1. The van der Waals surface area contributed by atoms with Crippen LogP contribution in [0.4, 0.5) is 5.69 Å². The Morgan fingerprint density at radius 1 is 1.27 bits per heavy atom. The van der Waals surface area contributed by atoms with Crippen molar-refractivity contribution in [2.75, 3.05) is 11.9 Å². The average molecular weight is 201 g/mol. The predicted octanol–water partition coefficient (Wildman–Crippen LogP) is 3.66. The topological polar surface area (TPSA) is 12.0 Å². The largest absolute Gasteiger partial charge is 0.384 e. The zero-order chi connectivity index (χ0) is 10.5. The molecule has 1 N–H and O–H groups in total. The van der Waals surface area contributed by atoms with Gasteiger partial charge >= 0.3 is 0 Å². The van der Waals surface area contributed by atoms with Gasteiger partial charge < -0.3 is 5.32 Å². The van der Waals surface area contributed by atoms with Crippen LogP contribution in [0.15, 0.2) is 18.2 Å². The van der Waals surface area contributed by atoms with Crippen LogP contribution in [0.5, 0.6) is 0 Å². The van der Waals surface area contributed by atoms with Crippen LogP contribution < -0.4 is 5.32 Å². The molecule has 1 aromatic rings. The van der Waals surface area contributed by atoms with Crippen molar-refractivity contribution in [3.8, 4) is 0 Å². The first-order chi connectivity index (χ1) is 7.21. The fraction of sp³-hybridized carbons (Fsp3) is 0.571. The predicted molar refractivity (Wildman–Crippen MR) is 64.5 cm³/mol. The molecule has 1 spiro atoms. The third kappa shape index (κ3) is 1.22. The Morgan fingerprint density at radius 2 is 2.07 bits per heavy atom. The molecule has 0 bridgehead atoms. The third-order valence-electron chi connectivity index (χ3n) is 4.21. The van der Waals surface area contributed by atoms with Gasteiger partial charge in [-0.15, -0.1) is 0 Å². The molecular formula is C14H19N. The highest BCUT2D eigenvalue weighted by atomic mass is 14.9. The summed E-state index contributed by atoms with van der Waals surface area (Å²) in [5.41, 5.74) is 4.99. The van der Waals surface area contributed by atoms with Crippen LogP contribution >= 0.6 is 0 Å². The molecule has 1 heterocycles. The fourth-order valence-electron chi connectivity index (χ4n) is 2.92. The second kappa shape index (κ2) is 3.01. The summed E-state index contributed by atoms with van der Waals surface area (Å²) in [4.78, 5) is 0. The molecule has 80 valence electrons. The van der Waals surface area contributed by atoms with Crippen LogP contribution in [0, 0.1) is 0 Å². The quantitative estimate of drug-likeness (QED) is 0.731. The molecule has 0 unspecified atom stereocenters. The maximum atomic E-state index is 3.56. The summed E-state index contributed by atoms with van der Waals surface area (Å²) in [6, 6.07) is 6.99. The van der Waals surface area contributed by atoms with Crippen molar-refractivity contribution in [1.29, 1.82) is 0 Å². The Balaban J connectivity index is 2.06. The van der Waals surface area contributed by atoms with Crippen LogP contribution in [0.2, 0.25) is 0 Å². The SMILES string of the molecule is CC(C)c1ccc2c(c1)C1(CCC1)CN2. The van der Waals surface area contributed by atoms with E-state index in [1.165, 1.54) is 37.1 Å². The summed E-state index contributed by atoms with van der Waals surface area (Å²) in [5.74, 6) is 0.646. The molecule has 1 aliphatic heterocycles. The zero-order valence-electron chi connectivity index (χ0n) is 9.64. The van der Waals surface area contributed by atoms with Gasteiger partial charge in [0.2, 0.25) is 0 Å². The molecule has 1 fully saturated rings. The number of anilines is 1. The summed E-state index contributed by atoms with van der Waals surface area (Å²) in [7, 11) is 0. The Hall–Kier alpha value is -0.980. The maximum Gasteiger partial charge on any atom is 0.0379 e. The highest BCUT2D eigenvalue weighted by molar-refractivity contribution is 5.62. The van der Waals surface area contributed by atoms with Crippen molar-refractivity contribution in [1.82, 2.24) is 0 Å². The van der Waals surface area contributed by atoms with Gasteiger partial charge in [0.1, 0.15) is 0 Å². The smallest absolute Gasteiger partial charge is 0.0379 e. The van der Waals surface area contributed by atoms with Gasteiger partial charge in [0, 0.05) is 17.6 Å². The molecular weight excluding hydrogens is 182 g/mol. The van der Waals surface area contributed by atoms with E-state index >= 15 is 0 Å². The Labute approximate surface area is 91.9 Å². The first kappa shape index (κ1) is 9.26. The van der Waals surface area contributed by atoms with Crippen LogP contribution in [-0.2, 0) is 5.41 Å². The lowest BCUT2D eigenvalue weighted by molar-refractivity contribution is 0.272. The zero-order valence-corrected chi connectivity index (χ0v) is 9.64. The lowest BCUT2D eigenvalue weighted by Gasteiger charge is -2.38. The lowest BCUT2D eigenvalue weighted by atomic mass is 9.65. The minimum Gasteiger partial charge on any atom is -0.384 e. The summed E-state index contributed by atoms with van der Waals surface area (Å²) in [5, 5.41) is 3.56. The molecule has 0 saturated heterocycles. The van der Waals surface area contributed by atoms with Gasteiger partial charge in [-0.3, -0.25) is 0 Å². The van der Waals surface area contributed by atoms with Gasteiger partial charge in [0.05, 0.1) is 0 Å². The van der Waals surface area contributed by atoms with E-state index in [0.29, 0.717) is 11.3 Å². The standard InChI is InChI=1S/C14H19N/c1-10(2)11-4-5-13-12(8-11)14(9-15-13)6-3-7-14/h4-5,8,10,15H,3,6-7,9H2,1-2H3. The molecule has 1 aromatic carbocycles. The van der Waals surface area contributed by atoms with Crippen molar-refractivity contribution in [2.24, 2.45) is 0 Å². The van der Waals surface area contributed by atoms with Crippen LogP contribution in [0.1, 0.15) is 50.2 Å². The number of rotatable bonds is 1. The molecule has 2 aliphatic rings. The Kier molecular flexibility index (Phi) is 1.86. The van der Waals surface area contributed by atoms with E-state index in [9.17, 15) is 0 Å². The normalized spacial score (nSPS) is 21.3. The molecule has 1 saturated carbocycles. The number of nitrogens with one attached hydrogen (secondary N) is 1. The fourth-order valence-corrected chi connectivity index (χ4v) is 2.92. The van der Waals surface area contributed by atoms with Gasteiger partial charge in [-0.1, -0.05) is 32.4 Å². The number of benzene rings is 1. The van der Waals surface area contributed by atoms with Crippen molar-refractivity contribution in [3.63, 3.8) is 0 Å². The Bertz CT molecular complexity index is 388. The summed E-state index contributed by atoms with van der Waals surface area (Å²) < 4.78 is 0. The second-order valence-electron chi connectivity index (χ2n) is 5.45. The van der Waals surface area contributed by atoms with E-state index in [4.69, 9.17) is 0 Å². The molecule has 1 nitrogen and oxygen atoms in total. The van der Waals surface area contributed by atoms with Crippen molar-refractivity contribution < 1.29 is 0 Å². The second-order valence-corrected chi connectivity index (χ2v) is 5.45. The molecule has 0 atom stereocenters.